The van der Waals surface area contributed by atoms with Crippen LogP contribution in [0, 0.1) is 5.82 Å². The Kier molecular flexibility index (Phi) is 3.43. The molecule has 21 heavy (non-hydrogen) atoms. The van der Waals surface area contributed by atoms with E-state index in [1.165, 1.54) is 12.1 Å². The van der Waals surface area contributed by atoms with Gasteiger partial charge in [-0.3, -0.25) is 4.98 Å². The molecule has 0 N–H and O–H groups in total. The van der Waals surface area contributed by atoms with Gasteiger partial charge in [0.2, 0.25) is 0 Å². The molecule has 0 saturated carbocycles. The third-order valence-corrected chi connectivity index (χ3v) is 4.82. The number of sulfone groups is 1. The summed E-state index contributed by atoms with van der Waals surface area (Å²) >= 11 is 0. The minimum absolute atomic E-state index is 0.176. The topological polar surface area (TPSA) is 47.0 Å². The summed E-state index contributed by atoms with van der Waals surface area (Å²) in [5, 5.41) is 0.649. The van der Waals surface area contributed by atoms with Gasteiger partial charge in [-0.05, 0) is 36.4 Å². The number of pyridine rings is 1. The molecule has 106 valence electrons. The van der Waals surface area contributed by atoms with Crippen LogP contribution in [0.4, 0.5) is 4.39 Å². The maximum Gasteiger partial charge on any atom is 0.184 e. The number of hydrogen-bond donors (Lipinski definition) is 0. The fourth-order valence-electron chi connectivity index (χ4n) is 2.12. The van der Waals surface area contributed by atoms with Gasteiger partial charge in [-0.1, -0.05) is 24.3 Å². The summed E-state index contributed by atoms with van der Waals surface area (Å²) in [5.41, 5.74) is 1.02. The summed E-state index contributed by atoms with van der Waals surface area (Å²) in [6.45, 7) is 0. The highest BCUT2D eigenvalue weighted by atomic mass is 32.2. The number of rotatable bonds is 3. The maximum atomic E-state index is 13.1. The largest absolute Gasteiger partial charge is 0.252 e. The molecule has 5 heteroatoms. The molecule has 0 aliphatic carbocycles. The lowest BCUT2D eigenvalue weighted by atomic mass is 10.2. The van der Waals surface area contributed by atoms with Crippen LogP contribution in [-0.2, 0) is 15.6 Å². The summed E-state index contributed by atoms with van der Waals surface area (Å²) < 4.78 is 37.7. The van der Waals surface area contributed by atoms with E-state index in [0.717, 1.165) is 0 Å². The van der Waals surface area contributed by atoms with Crippen molar-refractivity contribution in [2.24, 2.45) is 0 Å². The third-order valence-electron chi connectivity index (χ3n) is 3.15. The van der Waals surface area contributed by atoms with E-state index in [1.807, 2.05) is 0 Å². The normalized spacial score (nSPS) is 11.7. The number of hydrogen-bond acceptors (Lipinski definition) is 3. The Hall–Kier alpha value is -2.27. The van der Waals surface area contributed by atoms with Crippen LogP contribution >= 0.6 is 0 Å². The zero-order chi connectivity index (χ0) is 14.9. The first-order valence-corrected chi connectivity index (χ1v) is 8.03. The van der Waals surface area contributed by atoms with Crippen molar-refractivity contribution in [1.82, 2.24) is 4.98 Å². The molecule has 3 nitrogen and oxygen atoms in total. The molecule has 0 atom stereocenters. The predicted octanol–water partition coefficient (Wildman–Crippen LogP) is 3.35. The number of halogens is 1. The van der Waals surface area contributed by atoms with Crippen molar-refractivity contribution in [2.45, 2.75) is 10.6 Å². The highest BCUT2D eigenvalue weighted by molar-refractivity contribution is 7.90. The fraction of sp³-hybridized carbons (Fsp3) is 0.0625. The van der Waals surface area contributed by atoms with Gasteiger partial charge in [0.15, 0.2) is 9.84 Å². The summed E-state index contributed by atoms with van der Waals surface area (Å²) in [6.07, 6.45) is 0. The average Bonchev–Trinajstić information content (AvgIpc) is 2.48. The van der Waals surface area contributed by atoms with Gasteiger partial charge in [0.25, 0.3) is 0 Å². The first-order chi connectivity index (χ1) is 10.0. The Morgan fingerprint density at radius 2 is 1.71 bits per heavy atom. The standard InChI is InChI=1S/C16H12FNO2S/c17-13-7-9-16-12(10-13)6-8-14(18-16)11-21(19,20)15-4-2-1-3-5-15/h1-10H,11H2. The van der Waals surface area contributed by atoms with Gasteiger partial charge in [-0.2, -0.15) is 0 Å². The van der Waals surface area contributed by atoms with Crippen LogP contribution in [0.25, 0.3) is 10.9 Å². The zero-order valence-corrected chi connectivity index (χ0v) is 11.8. The Bertz CT molecular complexity index is 893. The Morgan fingerprint density at radius 1 is 0.952 bits per heavy atom. The average molecular weight is 301 g/mol. The molecule has 0 aliphatic rings. The van der Waals surface area contributed by atoms with Crippen molar-refractivity contribution in [3.8, 4) is 0 Å². The van der Waals surface area contributed by atoms with Crippen molar-refractivity contribution in [2.75, 3.05) is 0 Å². The van der Waals surface area contributed by atoms with Crippen LogP contribution < -0.4 is 0 Å². The zero-order valence-electron chi connectivity index (χ0n) is 11.0. The molecule has 0 fully saturated rings. The summed E-state index contributed by atoms with van der Waals surface area (Å²) in [4.78, 5) is 4.55. The van der Waals surface area contributed by atoms with Gasteiger partial charge >= 0.3 is 0 Å². The quantitative estimate of drug-likeness (QED) is 0.745. The molecule has 0 unspecified atom stereocenters. The molecule has 2 aromatic carbocycles. The van der Waals surface area contributed by atoms with E-state index in [1.54, 1.807) is 48.5 Å². The lowest BCUT2D eigenvalue weighted by molar-refractivity contribution is 0.594. The summed E-state index contributed by atoms with van der Waals surface area (Å²) in [5.74, 6) is -0.515. The number of nitrogens with zero attached hydrogens (tertiary/aromatic N) is 1. The molecule has 0 amide bonds. The van der Waals surface area contributed by atoms with Crippen molar-refractivity contribution in [1.29, 1.82) is 0 Å². The van der Waals surface area contributed by atoms with Crippen LogP contribution in [0.5, 0.6) is 0 Å². The van der Waals surface area contributed by atoms with Gasteiger partial charge in [0.05, 0.1) is 21.9 Å². The highest BCUT2D eigenvalue weighted by Gasteiger charge is 2.15. The summed E-state index contributed by atoms with van der Waals surface area (Å²) in [6, 6.07) is 15.8. The molecule has 1 heterocycles. The Balaban J connectivity index is 1.97. The Morgan fingerprint density at radius 3 is 2.48 bits per heavy atom. The van der Waals surface area contributed by atoms with E-state index in [-0.39, 0.29) is 16.5 Å². The lowest BCUT2D eigenvalue weighted by Gasteiger charge is -2.05. The number of benzene rings is 2. The van der Waals surface area contributed by atoms with Crippen molar-refractivity contribution in [3.63, 3.8) is 0 Å². The molecule has 1 aromatic heterocycles. The molecule has 3 rings (SSSR count). The van der Waals surface area contributed by atoms with Gasteiger partial charge < -0.3 is 0 Å². The predicted molar refractivity (Wildman–Crippen MR) is 79.0 cm³/mol. The second kappa shape index (κ2) is 5.26. The van der Waals surface area contributed by atoms with Crippen molar-refractivity contribution >= 4 is 20.7 Å². The monoisotopic (exact) mass is 301 g/mol. The second-order valence-corrected chi connectivity index (χ2v) is 6.70. The molecule has 0 aliphatic heterocycles. The second-order valence-electron chi connectivity index (χ2n) is 4.71. The van der Waals surface area contributed by atoms with Gasteiger partial charge in [0.1, 0.15) is 5.82 Å². The summed E-state index contributed by atoms with van der Waals surface area (Å²) in [7, 11) is -3.43. The van der Waals surface area contributed by atoms with Crippen LogP contribution in [-0.4, -0.2) is 13.4 Å². The van der Waals surface area contributed by atoms with Gasteiger partial charge in [0, 0.05) is 5.39 Å². The van der Waals surface area contributed by atoms with Crippen LogP contribution in [0.3, 0.4) is 0 Å². The van der Waals surface area contributed by atoms with Gasteiger partial charge in [-0.25, -0.2) is 12.8 Å². The molecule has 0 spiro atoms. The minimum atomic E-state index is -3.43. The molecule has 0 bridgehead atoms. The Labute approximate surface area is 122 Å². The van der Waals surface area contributed by atoms with E-state index in [4.69, 9.17) is 0 Å². The molecular formula is C16H12FNO2S. The molecule has 0 radical (unpaired) electrons. The van der Waals surface area contributed by atoms with E-state index in [2.05, 4.69) is 4.98 Å². The first kappa shape index (κ1) is 13.7. The maximum absolute atomic E-state index is 13.1. The van der Waals surface area contributed by atoms with Crippen LogP contribution in [0.15, 0.2) is 65.6 Å². The van der Waals surface area contributed by atoms with Gasteiger partial charge in [-0.15, -0.1) is 0 Å². The van der Waals surface area contributed by atoms with Crippen LogP contribution in [0.1, 0.15) is 5.69 Å². The number of aromatic nitrogens is 1. The van der Waals surface area contributed by atoms with E-state index in [9.17, 15) is 12.8 Å². The fourth-order valence-corrected chi connectivity index (χ4v) is 3.41. The first-order valence-electron chi connectivity index (χ1n) is 6.38. The third kappa shape index (κ3) is 2.92. The lowest BCUT2D eigenvalue weighted by Crippen LogP contribution is -2.06. The van der Waals surface area contributed by atoms with E-state index < -0.39 is 9.84 Å². The number of fused-ring (bicyclic) bond motifs is 1. The van der Waals surface area contributed by atoms with E-state index >= 15 is 0 Å². The van der Waals surface area contributed by atoms with Crippen molar-refractivity contribution in [3.05, 3.63) is 72.2 Å². The van der Waals surface area contributed by atoms with Crippen LogP contribution in [0.2, 0.25) is 0 Å². The van der Waals surface area contributed by atoms with E-state index in [0.29, 0.717) is 16.6 Å². The SMILES string of the molecule is O=S(=O)(Cc1ccc2cc(F)ccc2n1)c1ccccc1. The molecule has 0 saturated heterocycles. The smallest absolute Gasteiger partial charge is 0.184 e. The highest BCUT2D eigenvalue weighted by Crippen LogP contribution is 2.18. The molecular weight excluding hydrogens is 289 g/mol. The van der Waals surface area contributed by atoms with Crippen molar-refractivity contribution < 1.29 is 12.8 Å². The molecule has 3 aromatic rings. The minimum Gasteiger partial charge on any atom is -0.252 e.